The van der Waals surface area contributed by atoms with Crippen LogP contribution in [-0.2, 0) is 26.2 Å². The summed E-state index contributed by atoms with van der Waals surface area (Å²) in [6, 6.07) is 10.3. The van der Waals surface area contributed by atoms with Crippen LogP contribution < -0.4 is 9.62 Å². The van der Waals surface area contributed by atoms with Gasteiger partial charge in [0.1, 0.15) is 18.4 Å². The van der Waals surface area contributed by atoms with Crippen LogP contribution in [0.15, 0.2) is 48.5 Å². The summed E-state index contributed by atoms with van der Waals surface area (Å²) in [5.41, 5.74) is 1.03. The number of anilines is 1. The Morgan fingerprint density at radius 1 is 1.03 bits per heavy atom. The Bertz CT molecular complexity index is 1150. The molecular weight excluding hydrogens is 461 g/mol. The predicted molar refractivity (Wildman–Crippen MR) is 128 cm³/mol. The van der Waals surface area contributed by atoms with E-state index < -0.39 is 40.2 Å². The molecule has 0 aliphatic heterocycles. The molecule has 0 aliphatic carbocycles. The summed E-state index contributed by atoms with van der Waals surface area (Å²) in [5.74, 6) is -1.73. The molecule has 0 fully saturated rings. The minimum Gasteiger partial charge on any atom is -0.352 e. The molecule has 0 spiro atoms. The first-order chi connectivity index (χ1) is 15.8. The highest BCUT2D eigenvalue weighted by Crippen LogP contribution is 2.21. The molecular formula is C24H30FN3O5S. The maximum atomic E-state index is 13.4. The van der Waals surface area contributed by atoms with Crippen molar-refractivity contribution in [3.63, 3.8) is 0 Å². The number of amides is 2. The van der Waals surface area contributed by atoms with Crippen molar-refractivity contribution in [2.45, 2.75) is 46.3 Å². The molecule has 184 valence electrons. The number of benzene rings is 2. The second-order valence-corrected chi connectivity index (χ2v) is 10.3. The van der Waals surface area contributed by atoms with Crippen molar-refractivity contribution < 1.29 is 27.2 Å². The molecule has 0 radical (unpaired) electrons. The Labute approximate surface area is 199 Å². The maximum Gasteiger partial charge on any atom is 0.244 e. The van der Waals surface area contributed by atoms with Crippen LogP contribution >= 0.6 is 0 Å². The normalized spacial score (nSPS) is 12.2. The largest absolute Gasteiger partial charge is 0.352 e. The van der Waals surface area contributed by atoms with Crippen LogP contribution in [0.2, 0.25) is 0 Å². The molecule has 1 atom stereocenters. The van der Waals surface area contributed by atoms with Crippen LogP contribution in [0, 0.1) is 5.82 Å². The van der Waals surface area contributed by atoms with Crippen molar-refractivity contribution in [3.05, 3.63) is 65.5 Å². The molecule has 0 aromatic heterocycles. The molecule has 34 heavy (non-hydrogen) atoms. The van der Waals surface area contributed by atoms with E-state index in [2.05, 4.69) is 5.32 Å². The number of carbonyl (C=O) groups excluding carboxylic acids is 3. The van der Waals surface area contributed by atoms with Gasteiger partial charge >= 0.3 is 0 Å². The van der Waals surface area contributed by atoms with Crippen LogP contribution in [-0.4, -0.2) is 55.8 Å². The van der Waals surface area contributed by atoms with E-state index in [0.717, 1.165) is 10.6 Å². The third-order valence-corrected chi connectivity index (χ3v) is 6.22. The first-order valence-corrected chi connectivity index (χ1v) is 12.6. The van der Waals surface area contributed by atoms with Gasteiger partial charge in [-0.3, -0.25) is 18.7 Å². The van der Waals surface area contributed by atoms with E-state index in [0.29, 0.717) is 11.1 Å². The Morgan fingerprint density at radius 2 is 1.65 bits per heavy atom. The highest BCUT2D eigenvalue weighted by Gasteiger charge is 2.30. The first-order valence-electron chi connectivity index (χ1n) is 10.7. The third-order valence-electron chi connectivity index (χ3n) is 5.08. The lowest BCUT2D eigenvalue weighted by molar-refractivity contribution is -0.139. The van der Waals surface area contributed by atoms with E-state index in [1.807, 2.05) is 0 Å². The SMILES string of the molecule is CC(=O)c1cccc(N(CC(=O)N(Cc2ccc(F)cc2)[C@@H](C)C(=O)NC(C)C)S(C)(=O)=O)c1. The van der Waals surface area contributed by atoms with Gasteiger partial charge < -0.3 is 10.2 Å². The highest BCUT2D eigenvalue weighted by atomic mass is 32.2. The number of rotatable bonds is 10. The molecule has 0 bridgehead atoms. The predicted octanol–water partition coefficient (Wildman–Crippen LogP) is 2.74. The minimum atomic E-state index is -3.91. The summed E-state index contributed by atoms with van der Waals surface area (Å²) < 4.78 is 39.4. The fraction of sp³-hybridized carbons (Fsp3) is 0.375. The van der Waals surface area contributed by atoms with Crippen LogP contribution in [0.1, 0.15) is 43.6 Å². The lowest BCUT2D eigenvalue weighted by Crippen LogP contribution is -2.52. The van der Waals surface area contributed by atoms with Crippen molar-refractivity contribution >= 4 is 33.3 Å². The topological polar surface area (TPSA) is 104 Å². The molecule has 0 saturated heterocycles. The first kappa shape index (κ1) is 27.0. The lowest BCUT2D eigenvalue weighted by atomic mass is 10.1. The number of nitrogens with one attached hydrogen (secondary N) is 1. The molecule has 1 N–H and O–H groups in total. The number of hydrogen-bond donors (Lipinski definition) is 1. The summed E-state index contributed by atoms with van der Waals surface area (Å²) in [6.07, 6.45) is 0.958. The Hall–Kier alpha value is -3.27. The molecule has 2 aromatic rings. The monoisotopic (exact) mass is 491 g/mol. The average Bonchev–Trinajstić information content (AvgIpc) is 2.75. The summed E-state index contributed by atoms with van der Waals surface area (Å²) >= 11 is 0. The second-order valence-electron chi connectivity index (χ2n) is 8.36. The summed E-state index contributed by atoms with van der Waals surface area (Å²) in [5, 5.41) is 2.75. The molecule has 0 saturated carbocycles. The van der Waals surface area contributed by atoms with E-state index in [1.54, 1.807) is 26.8 Å². The van der Waals surface area contributed by atoms with Crippen LogP contribution in [0.25, 0.3) is 0 Å². The fourth-order valence-corrected chi connectivity index (χ4v) is 4.11. The Balaban J connectivity index is 2.42. The second kappa shape index (κ2) is 11.2. The molecule has 0 heterocycles. The van der Waals surface area contributed by atoms with Gasteiger partial charge in [-0.25, -0.2) is 12.8 Å². The number of nitrogens with zero attached hydrogens (tertiary/aromatic N) is 2. The molecule has 2 amide bonds. The molecule has 10 heteroatoms. The zero-order valence-corrected chi connectivity index (χ0v) is 20.7. The number of ketones is 1. The summed E-state index contributed by atoms with van der Waals surface area (Å²) in [6.45, 7) is 5.85. The number of halogens is 1. The fourth-order valence-electron chi connectivity index (χ4n) is 3.27. The van der Waals surface area contributed by atoms with Crippen molar-refractivity contribution in [2.24, 2.45) is 0 Å². The van der Waals surface area contributed by atoms with E-state index in [9.17, 15) is 27.2 Å². The summed E-state index contributed by atoms with van der Waals surface area (Å²) in [7, 11) is -3.91. The highest BCUT2D eigenvalue weighted by molar-refractivity contribution is 7.92. The zero-order valence-electron chi connectivity index (χ0n) is 19.9. The van der Waals surface area contributed by atoms with Crippen molar-refractivity contribution in [3.8, 4) is 0 Å². The van der Waals surface area contributed by atoms with Gasteiger partial charge in [-0.15, -0.1) is 0 Å². The molecule has 2 aromatic carbocycles. The van der Waals surface area contributed by atoms with Crippen molar-refractivity contribution in [2.75, 3.05) is 17.1 Å². The molecule has 0 unspecified atom stereocenters. The van der Waals surface area contributed by atoms with Crippen molar-refractivity contribution in [1.82, 2.24) is 10.2 Å². The molecule has 8 nitrogen and oxygen atoms in total. The van der Waals surface area contributed by atoms with Gasteiger partial charge in [-0.05, 0) is 57.5 Å². The Kier molecular flexibility index (Phi) is 8.92. The van der Waals surface area contributed by atoms with Gasteiger partial charge in [0.15, 0.2) is 5.78 Å². The van der Waals surface area contributed by atoms with E-state index in [4.69, 9.17) is 0 Å². The zero-order chi connectivity index (χ0) is 25.6. The van der Waals surface area contributed by atoms with E-state index in [1.165, 1.54) is 54.3 Å². The van der Waals surface area contributed by atoms with Crippen molar-refractivity contribution in [1.29, 1.82) is 0 Å². The van der Waals surface area contributed by atoms with Crippen LogP contribution in [0.5, 0.6) is 0 Å². The number of Topliss-reactive ketones (excluding diaryl/α,β-unsaturated/α-hetero) is 1. The molecule has 0 aliphatic rings. The number of carbonyl (C=O) groups is 3. The van der Waals surface area contributed by atoms with E-state index in [-0.39, 0.29) is 24.1 Å². The third kappa shape index (κ3) is 7.38. The van der Waals surface area contributed by atoms with Gasteiger partial charge in [0, 0.05) is 18.2 Å². The van der Waals surface area contributed by atoms with Gasteiger partial charge in [0.25, 0.3) is 0 Å². The van der Waals surface area contributed by atoms with Crippen LogP contribution in [0.4, 0.5) is 10.1 Å². The number of hydrogen-bond acceptors (Lipinski definition) is 5. The summed E-state index contributed by atoms with van der Waals surface area (Å²) in [4.78, 5) is 39.1. The quantitative estimate of drug-likeness (QED) is 0.515. The van der Waals surface area contributed by atoms with E-state index >= 15 is 0 Å². The van der Waals surface area contributed by atoms with Crippen LogP contribution in [0.3, 0.4) is 0 Å². The lowest BCUT2D eigenvalue weighted by Gasteiger charge is -2.32. The number of sulfonamides is 1. The minimum absolute atomic E-state index is 0.0309. The molecule has 2 rings (SSSR count). The standard InChI is InChI=1S/C24H30FN3O5S/c1-16(2)26-24(31)17(3)27(14-19-9-11-21(25)12-10-19)23(30)15-28(34(5,32)33)22-8-6-7-20(13-22)18(4)29/h6-13,16-17H,14-15H2,1-5H3,(H,26,31)/t17-/m0/s1. The van der Waals surface area contributed by atoms with Gasteiger partial charge in [-0.1, -0.05) is 24.3 Å². The van der Waals surface area contributed by atoms with Gasteiger partial charge in [0.05, 0.1) is 11.9 Å². The smallest absolute Gasteiger partial charge is 0.244 e. The van der Waals surface area contributed by atoms with Gasteiger partial charge in [0.2, 0.25) is 21.8 Å². The maximum absolute atomic E-state index is 13.4. The van der Waals surface area contributed by atoms with Gasteiger partial charge in [-0.2, -0.15) is 0 Å². The Morgan fingerprint density at radius 3 is 2.18 bits per heavy atom. The average molecular weight is 492 g/mol.